The SMILES string of the molecule is NC1CC=CC2CN(c3cc4c(cc3F)c(=O)c(OC(=O)O)cn4C3CC3)CC12. The van der Waals surface area contributed by atoms with Gasteiger partial charge in [-0.2, -0.15) is 0 Å². The highest BCUT2D eigenvalue weighted by Gasteiger charge is 2.38. The van der Waals surface area contributed by atoms with E-state index in [9.17, 15) is 9.59 Å². The summed E-state index contributed by atoms with van der Waals surface area (Å²) >= 11 is 0. The molecule has 5 rings (SSSR count). The van der Waals surface area contributed by atoms with Gasteiger partial charge in [-0.15, -0.1) is 0 Å². The van der Waals surface area contributed by atoms with Gasteiger partial charge in [-0.1, -0.05) is 12.2 Å². The number of halogens is 1. The maximum atomic E-state index is 15.1. The zero-order valence-corrected chi connectivity index (χ0v) is 15.8. The summed E-state index contributed by atoms with van der Waals surface area (Å²) in [7, 11) is 0. The summed E-state index contributed by atoms with van der Waals surface area (Å²) in [4.78, 5) is 25.6. The van der Waals surface area contributed by atoms with Crippen LogP contribution in [0.4, 0.5) is 14.9 Å². The van der Waals surface area contributed by atoms with E-state index in [1.54, 1.807) is 6.07 Å². The number of anilines is 1. The number of hydrogen-bond donors (Lipinski definition) is 2. The topological polar surface area (TPSA) is 97.8 Å². The molecule has 0 radical (unpaired) electrons. The predicted octanol–water partition coefficient (Wildman–Crippen LogP) is 2.87. The number of carboxylic acid groups (broad SMARTS) is 1. The first-order chi connectivity index (χ1) is 13.9. The lowest BCUT2D eigenvalue weighted by molar-refractivity contribution is 0.143. The molecule has 3 unspecified atom stereocenters. The molecule has 2 fully saturated rings. The van der Waals surface area contributed by atoms with Crippen LogP contribution in [0.3, 0.4) is 0 Å². The van der Waals surface area contributed by atoms with Gasteiger partial charge in [0.1, 0.15) is 5.82 Å². The molecule has 1 aliphatic heterocycles. The Labute approximate surface area is 166 Å². The van der Waals surface area contributed by atoms with Gasteiger partial charge in [0, 0.05) is 31.1 Å². The van der Waals surface area contributed by atoms with Crippen molar-refractivity contribution in [2.24, 2.45) is 17.6 Å². The van der Waals surface area contributed by atoms with Crippen molar-refractivity contribution < 1.29 is 19.0 Å². The van der Waals surface area contributed by atoms with Crippen molar-refractivity contribution in [3.63, 3.8) is 0 Å². The zero-order chi connectivity index (χ0) is 20.3. The summed E-state index contributed by atoms with van der Waals surface area (Å²) in [5.74, 6) is -0.217. The Morgan fingerprint density at radius 3 is 2.76 bits per heavy atom. The molecule has 3 aliphatic rings. The molecule has 29 heavy (non-hydrogen) atoms. The van der Waals surface area contributed by atoms with Crippen molar-refractivity contribution in [3.05, 3.63) is 46.5 Å². The van der Waals surface area contributed by atoms with Crippen LogP contribution in [0.15, 0.2) is 35.3 Å². The summed E-state index contributed by atoms with van der Waals surface area (Å²) in [6.07, 6.45) is 6.81. The molecule has 0 bridgehead atoms. The molecule has 1 saturated heterocycles. The molecule has 0 spiro atoms. The maximum Gasteiger partial charge on any atom is 0.511 e. The number of nitrogens with two attached hydrogens (primary N) is 1. The van der Waals surface area contributed by atoms with Crippen molar-refractivity contribution in [2.45, 2.75) is 31.3 Å². The molecule has 3 N–H and O–H groups in total. The fourth-order valence-corrected chi connectivity index (χ4v) is 4.69. The molecule has 1 aromatic carbocycles. The van der Waals surface area contributed by atoms with E-state index in [2.05, 4.69) is 16.9 Å². The van der Waals surface area contributed by atoms with E-state index >= 15 is 4.39 Å². The van der Waals surface area contributed by atoms with Gasteiger partial charge < -0.3 is 25.0 Å². The van der Waals surface area contributed by atoms with Crippen LogP contribution in [-0.2, 0) is 0 Å². The average Bonchev–Trinajstić information content (AvgIpc) is 3.42. The number of rotatable bonds is 3. The van der Waals surface area contributed by atoms with Gasteiger partial charge in [-0.3, -0.25) is 4.79 Å². The highest BCUT2D eigenvalue weighted by molar-refractivity contribution is 5.85. The Hall–Kier alpha value is -2.87. The molecular formula is C21H22FN3O4. The molecule has 2 heterocycles. The van der Waals surface area contributed by atoms with Crippen LogP contribution in [0.5, 0.6) is 5.75 Å². The van der Waals surface area contributed by atoms with Gasteiger partial charge in [0.15, 0.2) is 5.75 Å². The molecule has 152 valence electrons. The quantitative estimate of drug-likeness (QED) is 0.608. The highest BCUT2D eigenvalue weighted by atomic mass is 19.1. The summed E-state index contributed by atoms with van der Waals surface area (Å²) in [5, 5.41) is 9.04. The fraction of sp³-hybridized carbons (Fsp3) is 0.429. The van der Waals surface area contributed by atoms with Crippen molar-refractivity contribution >= 4 is 22.7 Å². The van der Waals surface area contributed by atoms with Gasteiger partial charge in [0.05, 0.1) is 22.8 Å². The molecule has 7 nitrogen and oxygen atoms in total. The minimum Gasteiger partial charge on any atom is -0.449 e. The van der Waals surface area contributed by atoms with Crippen molar-refractivity contribution in [1.82, 2.24) is 4.57 Å². The third-order valence-electron chi connectivity index (χ3n) is 6.30. The molecule has 2 aliphatic carbocycles. The van der Waals surface area contributed by atoms with Gasteiger partial charge >= 0.3 is 6.16 Å². The molecule has 1 aromatic heterocycles. The Kier molecular flexibility index (Phi) is 4.13. The molecule has 1 saturated carbocycles. The van der Waals surface area contributed by atoms with Gasteiger partial charge in [-0.05, 0) is 37.3 Å². The maximum absolute atomic E-state index is 15.1. The number of carbonyl (C=O) groups is 1. The van der Waals surface area contributed by atoms with E-state index in [1.807, 2.05) is 9.47 Å². The number of pyridine rings is 1. The zero-order valence-electron chi connectivity index (χ0n) is 15.8. The van der Waals surface area contributed by atoms with Crippen LogP contribution in [0.2, 0.25) is 0 Å². The van der Waals surface area contributed by atoms with Gasteiger partial charge in [0.2, 0.25) is 5.43 Å². The molecule has 8 heteroatoms. The lowest BCUT2D eigenvalue weighted by Crippen LogP contribution is -2.36. The summed E-state index contributed by atoms with van der Waals surface area (Å²) in [5.41, 5.74) is 6.69. The number of fused-ring (bicyclic) bond motifs is 2. The minimum atomic E-state index is -1.56. The molecular weight excluding hydrogens is 377 g/mol. The average molecular weight is 399 g/mol. The van der Waals surface area contributed by atoms with E-state index in [0.29, 0.717) is 30.2 Å². The third kappa shape index (κ3) is 3.07. The number of hydrogen-bond acceptors (Lipinski definition) is 5. The Morgan fingerprint density at radius 1 is 1.28 bits per heavy atom. The second-order valence-corrected chi connectivity index (χ2v) is 8.21. The van der Waals surface area contributed by atoms with Crippen LogP contribution in [-0.4, -0.2) is 35.0 Å². The monoisotopic (exact) mass is 399 g/mol. The standard InChI is InChI=1S/C21H22FN3O4/c22-15-6-13-17(25(12-4-5-12)10-19(20(13)26)29-21(27)28)7-18(15)24-8-11-2-1-3-16(23)14(11)9-24/h1-2,6-7,10-12,14,16H,3-5,8-9,23H2,(H,27,28). The number of ether oxygens (including phenoxy) is 1. The summed E-state index contributed by atoms with van der Waals surface area (Å²) in [6.45, 7) is 1.36. The largest absolute Gasteiger partial charge is 0.511 e. The van der Waals surface area contributed by atoms with Crippen molar-refractivity contribution in [1.29, 1.82) is 0 Å². The molecule has 2 aromatic rings. The third-order valence-corrected chi connectivity index (χ3v) is 6.30. The van der Waals surface area contributed by atoms with E-state index < -0.39 is 17.4 Å². The first-order valence-corrected chi connectivity index (χ1v) is 9.88. The van der Waals surface area contributed by atoms with E-state index in [4.69, 9.17) is 10.8 Å². The number of benzene rings is 1. The molecule has 0 amide bonds. The first kappa shape index (κ1) is 18.2. The summed E-state index contributed by atoms with van der Waals surface area (Å²) in [6, 6.07) is 3.14. The van der Waals surface area contributed by atoms with Crippen molar-refractivity contribution in [3.8, 4) is 5.75 Å². The highest BCUT2D eigenvalue weighted by Crippen LogP contribution is 2.40. The van der Waals surface area contributed by atoms with Crippen LogP contribution in [0.25, 0.3) is 10.9 Å². The van der Waals surface area contributed by atoms with Crippen LogP contribution in [0, 0.1) is 17.7 Å². The second-order valence-electron chi connectivity index (χ2n) is 8.21. The lowest BCUT2D eigenvalue weighted by atomic mass is 9.83. The van der Waals surface area contributed by atoms with Crippen LogP contribution < -0.4 is 20.8 Å². The Morgan fingerprint density at radius 2 is 2.07 bits per heavy atom. The first-order valence-electron chi connectivity index (χ1n) is 9.88. The number of aromatic nitrogens is 1. The van der Waals surface area contributed by atoms with Gasteiger partial charge in [0.25, 0.3) is 0 Å². The Bertz CT molecular complexity index is 1090. The fourth-order valence-electron chi connectivity index (χ4n) is 4.69. The van der Waals surface area contributed by atoms with Gasteiger partial charge in [-0.25, -0.2) is 9.18 Å². The lowest BCUT2D eigenvalue weighted by Gasteiger charge is -2.25. The minimum absolute atomic E-state index is 0.0684. The Balaban J connectivity index is 1.61. The second kappa shape index (κ2) is 6.59. The normalized spacial score (nSPS) is 26.0. The summed E-state index contributed by atoms with van der Waals surface area (Å²) < 4.78 is 21.6. The van der Waals surface area contributed by atoms with E-state index in [-0.39, 0.29) is 29.1 Å². The van der Waals surface area contributed by atoms with Crippen LogP contribution >= 0.6 is 0 Å². The molecule has 3 atom stereocenters. The smallest absolute Gasteiger partial charge is 0.449 e. The predicted molar refractivity (Wildman–Crippen MR) is 106 cm³/mol. The van der Waals surface area contributed by atoms with E-state index in [0.717, 1.165) is 19.3 Å². The van der Waals surface area contributed by atoms with Crippen molar-refractivity contribution in [2.75, 3.05) is 18.0 Å². The van der Waals surface area contributed by atoms with Crippen LogP contribution in [0.1, 0.15) is 25.3 Å². The number of nitrogens with zero attached hydrogens (tertiary/aromatic N) is 2. The van der Waals surface area contributed by atoms with E-state index in [1.165, 1.54) is 12.3 Å².